The van der Waals surface area contributed by atoms with Crippen LogP contribution in [0.3, 0.4) is 0 Å². The van der Waals surface area contributed by atoms with Crippen LogP contribution < -0.4 is 17.0 Å². The van der Waals surface area contributed by atoms with E-state index in [0.717, 1.165) is 30.2 Å². The van der Waals surface area contributed by atoms with E-state index in [-0.39, 0.29) is 0 Å². The second-order valence-electron chi connectivity index (χ2n) is 11.9. The van der Waals surface area contributed by atoms with Gasteiger partial charge in [0.2, 0.25) is 0 Å². The van der Waals surface area contributed by atoms with Crippen molar-refractivity contribution in [3.8, 4) is 0 Å². The van der Waals surface area contributed by atoms with Crippen molar-refractivity contribution in [3.63, 3.8) is 0 Å². The van der Waals surface area contributed by atoms with Gasteiger partial charge in [0.05, 0.1) is 0 Å². The molecule has 4 aliphatic rings. The predicted molar refractivity (Wildman–Crippen MR) is 146 cm³/mol. The van der Waals surface area contributed by atoms with E-state index in [9.17, 15) is 0 Å². The number of nitrogens with one attached hydrogen (secondary N) is 1. The summed E-state index contributed by atoms with van der Waals surface area (Å²) in [5.74, 6) is 8.72. The highest BCUT2D eigenvalue weighted by Crippen LogP contribution is 2.66. The second-order valence-corrected chi connectivity index (χ2v) is 11.9. The highest BCUT2D eigenvalue weighted by atomic mass is 15.2. The Balaban J connectivity index is 0.000000489. The normalized spacial score (nSPS) is 38.9. The Morgan fingerprint density at radius 2 is 1.76 bits per heavy atom. The molecule has 7 unspecified atom stereocenters. The smallest absolute Gasteiger partial charge is 0.00766 e. The Morgan fingerprint density at radius 1 is 1.06 bits per heavy atom. The zero-order valence-electron chi connectivity index (χ0n) is 22.8. The predicted octanol–water partition coefficient (Wildman–Crippen LogP) is 7.53. The van der Waals surface area contributed by atoms with Crippen LogP contribution in [0.1, 0.15) is 118 Å². The van der Waals surface area contributed by atoms with Crippen molar-refractivity contribution in [3.05, 3.63) is 24.3 Å². The fourth-order valence-corrected chi connectivity index (χ4v) is 8.09. The van der Waals surface area contributed by atoms with Crippen molar-refractivity contribution in [2.75, 3.05) is 6.54 Å². The lowest BCUT2D eigenvalue weighted by molar-refractivity contribution is -0.0434. The van der Waals surface area contributed by atoms with Gasteiger partial charge in [-0.2, -0.15) is 0 Å². The SMILES string of the molecule is C=CC.CCCCCCC1CCC2C3CC=C4CC(N)CCC4(C)C3CCC12C.CCNN. The Hall–Kier alpha value is -0.640. The molecule has 0 aromatic rings. The first kappa shape index (κ1) is 28.6. The van der Waals surface area contributed by atoms with Crippen LogP contribution in [0.5, 0.6) is 0 Å². The molecule has 0 radical (unpaired) electrons. The summed E-state index contributed by atoms with van der Waals surface area (Å²) < 4.78 is 0. The maximum Gasteiger partial charge on any atom is 0.00766 e. The molecule has 0 heterocycles. The first-order valence-electron chi connectivity index (χ1n) is 14.3. The fourth-order valence-electron chi connectivity index (χ4n) is 8.09. The number of nitrogens with two attached hydrogens (primary N) is 2. The van der Waals surface area contributed by atoms with Gasteiger partial charge in [0.1, 0.15) is 0 Å². The Kier molecular flexibility index (Phi) is 11.7. The molecule has 0 amide bonds. The van der Waals surface area contributed by atoms with E-state index in [2.05, 4.69) is 38.9 Å². The molecule has 7 atom stereocenters. The Bertz CT molecular complexity index is 612. The lowest BCUT2D eigenvalue weighted by atomic mass is 9.47. The minimum atomic E-state index is 0.429. The molecule has 0 spiro atoms. The molecular formula is C30H57N3. The highest BCUT2D eigenvalue weighted by molar-refractivity contribution is 5.25. The number of fused-ring (bicyclic) bond motifs is 5. The van der Waals surface area contributed by atoms with E-state index in [1.165, 1.54) is 83.5 Å². The highest BCUT2D eigenvalue weighted by Gasteiger charge is 2.58. The van der Waals surface area contributed by atoms with Crippen LogP contribution in [0.2, 0.25) is 0 Å². The average Bonchev–Trinajstić information content (AvgIpc) is 3.14. The molecule has 0 bridgehead atoms. The van der Waals surface area contributed by atoms with E-state index in [1.807, 2.05) is 13.8 Å². The van der Waals surface area contributed by atoms with Gasteiger partial charge in [0, 0.05) is 12.6 Å². The first-order valence-corrected chi connectivity index (χ1v) is 14.3. The van der Waals surface area contributed by atoms with Crippen molar-refractivity contribution in [1.29, 1.82) is 0 Å². The Labute approximate surface area is 206 Å². The van der Waals surface area contributed by atoms with E-state index in [0.29, 0.717) is 16.9 Å². The van der Waals surface area contributed by atoms with Crippen LogP contribution in [-0.4, -0.2) is 12.6 Å². The molecule has 192 valence electrons. The van der Waals surface area contributed by atoms with Crippen molar-refractivity contribution < 1.29 is 0 Å². The van der Waals surface area contributed by atoms with Crippen molar-refractivity contribution in [2.45, 2.75) is 124 Å². The van der Waals surface area contributed by atoms with Crippen LogP contribution in [0.25, 0.3) is 0 Å². The maximum absolute atomic E-state index is 6.32. The quantitative estimate of drug-likeness (QED) is 0.166. The molecule has 5 N–H and O–H groups in total. The summed E-state index contributed by atoms with van der Waals surface area (Å²) in [6.07, 6.45) is 22.9. The molecule has 33 heavy (non-hydrogen) atoms. The third-order valence-corrected chi connectivity index (χ3v) is 9.95. The summed E-state index contributed by atoms with van der Waals surface area (Å²) in [7, 11) is 0. The topological polar surface area (TPSA) is 64.1 Å². The van der Waals surface area contributed by atoms with Crippen LogP contribution in [-0.2, 0) is 0 Å². The second kappa shape index (κ2) is 13.4. The van der Waals surface area contributed by atoms with Gasteiger partial charge in [-0.25, -0.2) is 0 Å². The third kappa shape index (κ3) is 6.53. The monoisotopic (exact) mass is 459 g/mol. The van der Waals surface area contributed by atoms with Gasteiger partial charge in [-0.3, -0.25) is 11.3 Å². The lowest BCUT2D eigenvalue weighted by Crippen LogP contribution is -2.51. The number of allylic oxidation sites excluding steroid dienone is 2. The largest absolute Gasteiger partial charge is 0.327 e. The van der Waals surface area contributed by atoms with Crippen molar-refractivity contribution in [1.82, 2.24) is 5.43 Å². The number of unbranched alkanes of at least 4 members (excludes halogenated alkanes) is 3. The number of hydrogen-bond donors (Lipinski definition) is 3. The third-order valence-electron chi connectivity index (χ3n) is 9.95. The van der Waals surface area contributed by atoms with Crippen LogP contribution in [0.15, 0.2) is 24.3 Å². The van der Waals surface area contributed by atoms with Gasteiger partial charge in [-0.15, -0.1) is 6.58 Å². The minimum Gasteiger partial charge on any atom is -0.327 e. The van der Waals surface area contributed by atoms with Gasteiger partial charge in [0.25, 0.3) is 0 Å². The van der Waals surface area contributed by atoms with Gasteiger partial charge in [0.15, 0.2) is 0 Å². The fraction of sp³-hybridized carbons (Fsp3) is 0.867. The zero-order chi connectivity index (χ0) is 24.5. The molecular weight excluding hydrogens is 402 g/mol. The number of rotatable bonds is 6. The molecule has 3 fully saturated rings. The molecule has 0 aliphatic heterocycles. The Morgan fingerprint density at radius 3 is 2.39 bits per heavy atom. The molecule has 3 nitrogen and oxygen atoms in total. The van der Waals surface area contributed by atoms with E-state index in [1.54, 1.807) is 11.6 Å². The summed E-state index contributed by atoms with van der Waals surface area (Å²) in [6, 6.07) is 0.429. The number of hydrogen-bond acceptors (Lipinski definition) is 3. The molecule has 0 aromatic heterocycles. The van der Waals surface area contributed by atoms with E-state index >= 15 is 0 Å². The summed E-state index contributed by atoms with van der Waals surface area (Å²) in [5, 5.41) is 0. The van der Waals surface area contributed by atoms with Gasteiger partial charge < -0.3 is 5.73 Å². The molecule has 0 saturated heterocycles. The lowest BCUT2D eigenvalue weighted by Gasteiger charge is -2.58. The summed E-state index contributed by atoms with van der Waals surface area (Å²) in [6.45, 7) is 15.7. The van der Waals surface area contributed by atoms with Gasteiger partial charge in [-0.1, -0.05) is 71.1 Å². The van der Waals surface area contributed by atoms with Crippen molar-refractivity contribution in [2.24, 2.45) is 46.1 Å². The van der Waals surface area contributed by atoms with Crippen LogP contribution in [0.4, 0.5) is 0 Å². The molecule has 4 rings (SSSR count). The van der Waals surface area contributed by atoms with Gasteiger partial charge in [-0.05, 0) is 99.2 Å². The average molecular weight is 460 g/mol. The van der Waals surface area contributed by atoms with Crippen LogP contribution >= 0.6 is 0 Å². The molecule has 3 heteroatoms. The molecule has 0 aromatic carbocycles. The molecule has 4 aliphatic carbocycles. The van der Waals surface area contributed by atoms with Gasteiger partial charge >= 0.3 is 0 Å². The molecule has 3 saturated carbocycles. The van der Waals surface area contributed by atoms with Crippen LogP contribution in [0, 0.1) is 34.5 Å². The summed E-state index contributed by atoms with van der Waals surface area (Å²) in [5.41, 5.74) is 11.6. The van der Waals surface area contributed by atoms with E-state index < -0.39 is 0 Å². The summed E-state index contributed by atoms with van der Waals surface area (Å²) in [4.78, 5) is 0. The van der Waals surface area contributed by atoms with Crippen molar-refractivity contribution >= 4 is 0 Å². The standard InChI is InChI=1S/C25H43N.C3H6.C2H8N2/c1-4-5-6-7-8-18-10-12-22-21-11-9-19-17-20(26)13-15-25(19,3)23(21)14-16-24(18,22)2;1-3-2;1-2-4-3/h9,18,20-23H,4-8,10-17,26H2,1-3H3;3H,1H2,2H3;4H,2-3H2,1H3. The maximum atomic E-state index is 6.32. The minimum absolute atomic E-state index is 0.429. The van der Waals surface area contributed by atoms with E-state index in [4.69, 9.17) is 11.6 Å². The zero-order valence-corrected chi connectivity index (χ0v) is 22.8. The number of hydrazine groups is 1. The summed E-state index contributed by atoms with van der Waals surface area (Å²) >= 11 is 0. The first-order chi connectivity index (χ1) is 15.8.